The first kappa shape index (κ1) is 7.01. The first-order valence-electron chi connectivity index (χ1n) is 4.36. The molecule has 0 N–H and O–H groups in total. The second kappa shape index (κ2) is 2.76. The minimum Gasteiger partial charge on any atom is -0.494 e. The van der Waals surface area contributed by atoms with Crippen LogP contribution in [0.1, 0.15) is 32.1 Å². The lowest BCUT2D eigenvalue weighted by Crippen LogP contribution is -2.39. The van der Waals surface area contributed by atoms with Gasteiger partial charge in [0, 0.05) is 0 Å². The van der Waals surface area contributed by atoms with Gasteiger partial charge in [-0.3, -0.25) is 0 Å². The van der Waals surface area contributed by atoms with Gasteiger partial charge < -0.3 is 9.47 Å². The molecule has 1 aliphatic carbocycles. The second-order valence-electron chi connectivity index (χ2n) is 3.44. The minimum absolute atomic E-state index is 0.0486. The van der Waals surface area contributed by atoms with Crippen molar-refractivity contribution in [1.29, 1.82) is 0 Å². The van der Waals surface area contributed by atoms with Crippen molar-refractivity contribution in [3.63, 3.8) is 0 Å². The average Bonchev–Trinajstić information content (AvgIpc) is 2.07. The van der Waals surface area contributed by atoms with Gasteiger partial charge in [-0.1, -0.05) is 6.42 Å². The average molecular weight is 154 g/mol. The summed E-state index contributed by atoms with van der Waals surface area (Å²) in [4.78, 5) is 0. The smallest absolute Gasteiger partial charge is 0.142 e. The SMILES string of the molecule is C1=COC2(CCCCC2)CO1. The molecule has 1 heterocycles. The van der Waals surface area contributed by atoms with E-state index >= 15 is 0 Å². The quantitative estimate of drug-likeness (QED) is 0.532. The summed E-state index contributed by atoms with van der Waals surface area (Å²) >= 11 is 0. The summed E-state index contributed by atoms with van der Waals surface area (Å²) < 4.78 is 10.9. The lowest BCUT2D eigenvalue weighted by molar-refractivity contribution is -0.0803. The number of hydrogen-bond acceptors (Lipinski definition) is 2. The molecule has 1 saturated carbocycles. The zero-order valence-corrected chi connectivity index (χ0v) is 6.71. The van der Waals surface area contributed by atoms with Gasteiger partial charge in [0.2, 0.25) is 0 Å². The van der Waals surface area contributed by atoms with Crippen LogP contribution < -0.4 is 0 Å². The van der Waals surface area contributed by atoms with Gasteiger partial charge in [-0.2, -0.15) is 0 Å². The topological polar surface area (TPSA) is 18.5 Å². The minimum atomic E-state index is 0.0486. The van der Waals surface area contributed by atoms with E-state index in [-0.39, 0.29) is 5.60 Å². The number of hydrogen-bond donors (Lipinski definition) is 0. The van der Waals surface area contributed by atoms with E-state index in [2.05, 4.69) is 0 Å². The van der Waals surface area contributed by atoms with Crippen LogP contribution in [0.4, 0.5) is 0 Å². The van der Waals surface area contributed by atoms with Crippen LogP contribution in [0.5, 0.6) is 0 Å². The predicted octanol–water partition coefficient (Wildman–Crippen LogP) is 2.21. The van der Waals surface area contributed by atoms with Crippen molar-refractivity contribution in [3.05, 3.63) is 12.5 Å². The molecule has 2 aliphatic rings. The van der Waals surface area contributed by atoms with Crippen molar-refractivity contribution in [2.45, 2.75) is 37.7 Å². The van der Waals surface area contributed by atoms with E-state index in [4.69, 9.17) is 9.47 Å². The molecule has 2 rings (SSSR count). The molecule has 0 unspecified atom stereocenters. The van der Waals surface area contributed by atoms with Crippen molar-refractivity contribution < 1.29 is 9.47 Å². The van der Waals surface area contributed by atoms with Gasteiger partial charge in [0.15, 0.2) is 0 Å². The molecule has 1 fully saturated rings. The highest BCUT2D eigenvalue weighted by molar-refractivity contribution is 4.90. The van der Waals surface area contributed by atoms with Crippen LogP contribution in [0.15, 0.2) is 12.5 Å². The fourth-order valence-corrected chi connectivity index (χ4v) is 1.90. The summed E-state index contributed by atoms with van der Waals surface area (Å²) in [5, 5.41) is 0. The maximum absolute atomic E-state index is 5.60. The van der Waals surface area contributed by atoms with E-state index < -0.39 is 0 Å². The number of ether oxygens (including phenoxy) is 2. The Labute approximate surface area is 67.2 Å². The van der Waals surface area contributed by atoms with Gasteiger partial charge in [0.05, 0.1) is 0 Å². The molecule has 0 atom stereocenters. The molecule has 0 aromatic rings. The van der Waals surface area contributed by atoms with Crippen LogP contribution in [0.3, 0.4) is 0 Å². The monoisotopic (exact) mass is 154 g/mol. The first-order chi connectivity index (χ1) is 5.41. The van der Waals surface area contributed by atoms with Crippen molar-refractivity contribution in [1.82, 2.24) is 0 Å². The first-order valence-corrected chi connectivity index (χ1v) is 4.36. The Kier molecular flexibility index (Phi) is 1.76. The second-order valence-corrected chi connectivity index (χ2v) is 3.44. The van der Waals surface area contributed by atoms with Gasteiger partial charge in [0.1, 0.15) is 24.7 Å². The summed E-state index contributed by atoms with van der Waals surface area (Å²) in [7, 11) is 0. The van der Waals surface area contributed by atoms with Crippen molar-refractivity contribution in [2.75, 3.05) is 6.61 Å². The van der Waals surface area contributed by atoms with Crippen LogP contribution in [-0.4, -0.2) is 12.2 Å². The number of rotatable bonds is 0. The third-order valence-corrected chi connectivity index (χ3v) is 2.58. The van der Waals surface area contributed by atoms with E-state index in [0.29, 0.717) is 0 Å². The summed E-state index contributed by atoms with van der Waals surface area (Å²) in [6.07, 6.45) is 9.59. The highest BCUT2D eigenvalue weighted by Gasteiger charge is 2.35. The Bertz CT molecular complexity index is 157. The lowest BCUT2D eigenvalue weighted by Gasteiger charge is -2.37. The predicted molar refractivity (Wildman–Crippen MR) is 42.0 cm³/mol. The van der Waals surface area contributed by atoms with E-state index in [9.17, 15) is 0 Å². The summed E-state index contributed by atoms with van der Waals surface area (Å²) in [5.74, 6) is 0. The van der Waals surface area contributed by atoms with E-state index in [0.717, 1.165) is 19.4 Å². The Morgan fingerprint density at radius 2 is 1.82 bits per heavy atom. The van der Waals surface area contributed by atoms with Crippen molar-refractivity contribution >= 4 is 0 Å². The van der Waals surface area contributed by atoms with Gasteiger partial charge in [-0.05, 0) is 25.7 Å². The van der Waals surface area contributed by atoms with Gasteiger partial charge in [0.25, 0.3) is 0 Å². The van der Waals surface area contributed by atoms with E-state index in [1.54, 1.807) is 12.5 Å². The fraction of sp³-hybridized carbons (Fsp3) is 0.778. The highest BCUT2D eigenvalue weighted by Crippen LogP contribution is 2.33. The van der Waals surface area contributed by atoms with Gasteiger partial charge in [-0.25, -0.2) is 0 Å². The van der Waals surface area contributed by atoms with Crippen molar-refractivity contribution in [2.24, 2.45) is 0 Å². The molecule has 0 bridgehead atoms. The Hall–Kier alpha value is -0.660. The van der Waals surface area contributed by atoms with E-state index in [1.165, 1.54) is 19.3 Å². The Morgan fingerprint density at radius 3 is 2.45 bits per heavy atom. The normalized spacial score (nSPS) is 27.6. The fourth-order valence-electron chi connectivity index (χ4n) is 1.90. The molecule has 2 nitrogen and oxygen atoms in total. The standard InChI is InChI=1S/C9H14O2/c1-2-4-9(5-3-1)8-10-6-7-11-9/h6-7H,1-5,8H2. The molecular formula is C9H14O2. The summed E-state index contributed by atoms with van der Waals surface area (Å²) in [5.41, 5.74) is 0.0486. The van der Waals surface area contributed by atoms with Gasteiger partial charge >= 0.3 is 0 Å². The van der Waals surface area contributed by atoms with Crippen LogP contribution >= 0.6 is 0 Å². The zero-order chi connectivity index (χ0) is 7.57. The van der Waals surface area contributed by atoms with Crippen LogP contribution in [0.2, 0.25) is 0 Å². The third kappa shape index (κ3) is 1.35. The maximum Gasteiger partial charge on any atom is 0.142 e. The van der Waals surface area contributed by atoms with Crippen LogP contribution in [0, 0.1) is 0 Å². The van der Waals surface area contributed by atoms with E-state index in [1.807, 2.05) is 0 Å². The highest BCUT2D eigenvalue weighted by atomic mass is 16.6. The summed E-state index contributed by atoms with van der Waals surface area (Å²) in [6, 6.07) is 0. The molecule has 0 saturated heterocycles. The molecule has 1 spiro atoms. The van der Waals surface area contributed by atoms with Gasteiger partial charge in [-0.15, -0.1) is 0 Å². The third-order valence-electron chi connectivity index (χ3n) is 2.58. The Morgan fingerprint density at radius 1 is 1.00 bits per heavy atom. The Balaban J connectivity index is 2.01. The molecule has 0 aromatic heterocycles. The molecule has 11 heavy (non-hydrogen) atoms. The maximum atomic E-state index is 5.60. The molecule has 2 heteroatoms. The largest absolute Gasteiger partial charge is 0.494 e. The van der Waals surface area contributed by atoms with Crippen LogP contribution in [0.25, 0.3) is 0 Å². The molecule has 0 aromatic carbocycles. The molecule has 1 aliphatic heterocycles. The molecule has 62 valence electrons. The van der Waals surface area contributed by atoms with Crippen LogP contribution in [-0.2, 0) is 9.47 Å². The molecule has 0 radical (unpaired) electrons. The molecular weight excluding hydrogens is 140 g/mol. The summed E-state index contributed by atoms with van der Waals surface area (Å²) in [6.45, 7) is 0.753. The lowest BCUT2D eigenvalue weighted by atomic mass is 9.85. The molecule has 0 amide bonds. The zero-order valence-electron chi connectivity index (χ0n) is 6.71. The van der Waals surface area contributed by atoms with Crippen molar-refractivity contribution in [3.8, 4) is 0 Å².